The lowest BCUT2D eigenvalue weighted by Gasteiger charge is -2.11. The van der Waals surface area contributed by atoms with Gasteiger partial charge in [-0.3, -0.25) is 4.98 Å². The Labute approximate surface area is 115 Å². The molecule has 1 aromatic rings. The third-order valence-electron chi connectivity index (χ3n) is 3.13. The molecule has 0 spiro atoms. The molecule has 1 aliphatic heterocycles. The predicted octanol–water partition coefficient (Wildman–Crippen LogP) is 2.28. The smallest absolute Gasteiger partial charge is 0.0889 e. The summed E-state index contributed by atoms with van der Waals surface area (Å²) in [5, 5.41) is 3.37. The molecule has 0 aliphatic carbocycles. The van der Waals surface area contributed by atoms with Gasteiger partial charge in [0, 0.05) is 19.2 Å². The second kappa shape index (κ2) is 7.58. The maximum Gasteiger partial charge on any atom is 0.0889 e. The second-order valence-corrected chi connectivity index (χ2v) is 5.31. The molecule has 19 heavy (non-hydrogen) atoms. The Morgan fingerprint density at radius 1 is 1.42 bits per heavy atom. The van der Waals surface area contributed by atoms with Crippen LogP contribution in [-0.4, -0.2) is 30.3 Å². The Morgan fingerprint density at radius 3 is 3.00 bits per heavy atom. The predicted molar refractivity (Wildman–Crippen MR) is 74.8 cm³/mol. The highest BCUT2D eigenvalue weighted by Gasteiger charge is 2.15. The molecule has 2 rings (SSSR count). The van der Waals surface area contributed by atoms with E-state index in [-0.39, 0.29) is 6.10 Å². The van der Waals surface area contributed by atoms with Crippen LogP contribution < -0.4 is 5.32 Å². The van der Waals surface area contributed by atoms with E-state index in [1.165, 1.54) is 0 Å². The number of ether oxygens (including phenoxy) is 2. The Bertz CT molecular complexity index is 376. The van der Waals surface area contributed by atoms with Gasteiger partial charge in [-0.15, -0.1) is 0 Å². The van der Waals surface area contributed by atoms with E-state index in [9.17, 15) is 0 Å². The molecule has 1 aromatic heterocycles. The summed E-state index contributed by atoms with van der Waals surface area (Å²) in [4.78, 5) is 4.58. The van der Waals surface area contributed by atoms with E-state index >= 15 is 0 Å². The van der Waals surface area contributed by atoms with Gasteiger partial charge in [0.1, 0.15) is 0 Å². The highest BCUT2D eigenvalue weighted by Crippen LogP contribution is 2.12. The molecule has 0 saturated carbocycles. The van der Waals surface area contributed by atoms with Gasteiger partial charge in [0.05, 0.1) is 30.7 Å². The first kappa shape index (κ1) is 14.4. The third-order valence-corrected chi connectivity index (χ3v) is 3.13. The summed E-state index contributed by atoms with van der Waals surface area (Å²) in [6, 6.07) is 6.56. The Hall–Kier alpha value is -0.970. The van der Waals surface area contributed by atoms with E-state index in [1.54, 1.807) is 0 Å². The summed E-state index contributed by atoms with van der Waals surface area (Å²) in [6.07, 6.45) is 2.56. The van der Waals surface area contributed by atoms with E-state index < -0.39 is 0 Å². The standard InChI is InChI=1S/C15H24N2O2/c1-12(2)16-9-13-5-3-6-14(17-13)10-18-11-15-7-4-8-19-15/h3,5-6,12,15-16H,4,7-11H2,1-2H3. The molecule has 0 radical (unpaired) electrons. The summed E-state index contributed by atoms with van der Waals surface area (Å²) < 4.78 is 11.2. The largest absolute Gasteiger partial charge is 0.376 e. The number of rotatable bonds is 7. The lowest BCUT2D eigenvalue weighted by molar-refractivity contribution is 0.00961. The molecule has 0 bridgehead atoms. The van der Waals surface area contributed by atoms with Crippen molar-refractivity contribution in [2.24, 2.45) is 0 Å². The van der Waals surface area contributed by atoms with Gasteiger partial charge < -0.3 is 14.8 Å². The zero-order valence-electron chi connectivity index (χ0n) is 11.9. The molecule has 2 heterocycles. The maximum absolute atomic E-state index is 5.68. The van der Waals surface area contributed by atoms with Gasteiger partial charge >= 0.3 is 0 Å². The molecule has 0 aromatic carbocycles. The Morgan fingerprint density at radius 2 is 2.26 bits per heavy atom. The molecule has 1 atom stereocenters. The molecular weight excluding hydrogens is 240 g/mol. The molecule has 106 valence electrons. The summed E-state index contributed by atoms with van der Waals surface area (Å²) in [5.74, 6) is 0. The summed E-state index contributed by atoms with van der Waals surface area (Å²) in [6.45, 7) is 7.19. The van der Waals surface area contributed by atoms with Crippen molar-refractivity contribution in [3.8, 4) is 0 Å². The minimum absolute atomic E-state index is 0.283. The SMILES string of the molecule is CC(C)NCc1cccc(COCC2CCCO2)n1. The van der Waals surface area contributed by atoms with Gasteiger partial charge in [-0.1, -0.05) is 19.9 Å². The van der Waals surface area contributed by atoms with Crippen LogP contribution in [0.15, 0.2) is 18.2 Å². The van der Waals surface area contributed by atoms with Crippen molar-refractivity contribution in [1.82, 2.24) is 10.3 Å². The molecule has 1 unspecified atom stereocenters. The molecular formula is C15H24N2O2. The number of nitrogens with zero attached hydrogens (tertiary/aromatic N) is 1. The van der Waals surface area contributed by atoms with Gasteiger partial charge in [0.15, 0.2) is 0 Å². The number of pyridine rings is 1. The maximum atomic E-state index is 5.68. The van der Waals surface area contributed by atoms with Crippen LogP contribution >= 0.6 is 0 Å². The minimum atomic E-state index is 0.283. The second-order valence-electron chi connectivity index (χ2n) is 5.31. The van der Waals surface area contributed by atoms with Crippen molar-refractivity contribution in [3.63, 3.8) is 0 Å². The van der Waals surface area contributed by atoms with Crippen molar-refractivity contribution in [3.05, 3.63) is 29.6 Å². The van der Waals surface area contributed by atoms with Crippen LogP contribution in [0.3, 0.4) is 0 Å². The summed E-state index contributed by atoms with van der Waals surface area (Å²) in [7, 11) is 0. The number of nitrogens with one attached hydrogen (secondary N) is 1. The molecule has 1 saturated heterocycles. The van der Waals surface area contributed by atoms with Crippen molar-refractivity contribution < 1.29 is 9.47 Å². The van der Waals surface area contributed by atoms with Crippen LogP contribution in [0.4, 0.5) is 0 Å². The van der Waals surface area contributed by atoms with Crippen molar-refractivity contribution in [2.45, 2.75) is 52.0 Å². The van der Waals surface area contributed by atoms with Gasteiger partial charge in [-0.2, -0.15) is 0 Å². The highest BCUT2D eigenvalue weighted by molar-refractivity contribution is 5.10. The van der Waals surface area contributed by atoms with Crippen LogP contribution in [0.1, 0.15) is 38.1 Å². The average molecular weight is 264 g/mol. The zero-order valence-corrected chi connectivity index (χ0v) is 11.9. The van der Waals surface area contributed by atoms with E-state index in [0.29, 0.717) is 19.3 Å². The van der Waals surface area contributed by atoms with Gasteiger partial charge in [0.2, 0.25) is 0 Å². The number of aromatic nitrogens is 1. The van der Waals surface area contributed by atoms with E-state index in [0.717, 1.165) is 37.4 Å². The fraction of sp³-hybridized carbons (Fsp3) is 0.667. The monoisotopic (exact) mass is 264 g/mol. The fourth-order valence-electron chi connectivity index (χ4n) is 2.09. The minimum Gasteiger partial charge on any atom is -0.376 e. The molecule has 1 N–H and O–H groups in total. The van der Waals surface area contributed by atoms with E-state index in [2.05, 4.69) is 24.1 Å². The van der Waals surface area contributed by atoms with Crippen LogP contribution in [0, 0.1) is 0 Å². The van der Waals surface area contributed by atoms with Crippen LogP contribution in [0.2, 0.25) is 0 Å². The van der Waals surface area contributed by atoms with Crippen molar-refractivity contribution in [2.75, 3.05) is 13.2 Å². The molecule has 4 heteroatoms. The number of hydrogen-bond donors (Lipinski definition) is 1. The van der Waals surface area contributed by atoms with Crippen LogP contribution in [0.5, 0.6) is 0 Å². The summed E-state index contributed by atoms with van der Waals surface area (Å²) in [5.41, 5.74) is 2.05. The molecule has 4 nitrogen and oxygen atoms in total. The first-order valence-electron chi connectivity index (χ1n) is 7.11. The fourth-order valence-corrected chi connectivity index (χ4v) is 2.09. The molecule has 1 fully saturated rings. The van der Waals surface area contributed by atoms with Gasteiger partial charge in [0.25, 0.3) is 0 Å². The van der Waals surface area contributed by atoms with E-state index in [1.807, 2.05) is 18.2 Å². The van der Waals surface area contributed by atoms with Crippen molar-refractivity contribution in [1.29, 1.82) is 0 Å². The first-order valence-corrected chi connectivity index (χ1v) is 7.11. The molecule has 1 aliphatic rings. The number of hydrogen-bond acceptors (Lipinski definition) is 4. The topological polar surface area (TPSA) is 43.4 Å². The van der Waals surface area contributed by atoms with Gasteiger partial charge in [-0.05, 0) is 25.0 Å². The summed E-state index contributed by atoms with van der Waals surface area (Å²) >= 11 is 0. The quantitative estimate of drug-likeness (QED) is 0.820. The van der Waals surface area contributed by atoms with Crippen LogP contribution in [-0.2, 0) is 22.6 Å². The lowest BCUT2D eigenvalue weighted by atomic mass is 10.2. The van der Waals surface area contributed by atoms with Gasteiger partial charge in [-0.25, -0.2) is 0 Å². The first-order chi connectivity index (χ1) is 9.24. The normalized spacial score (nSPS) is 19.2. The lowest BCUT2D eigenvalue weighted by Crippen LogP contribution is -2.22. The highest BCUT2D eigenvalue weighted by atomic mass is 16.5. The zero-order chi connectivity index (χ0) is 13.5. The van der Waals surface area contributed by atoms with Crippen molar-refractivity contribution >= 4 is 0 Å². The Balaban J connectivity index is 1.74. The molecule has 0 amide bonds. The van der Waals surface area contributed by atoms with E-state index in [4.69, 9.17) is 9.47 Å². The third kappa shape index (κ3) is 5.27. The Kier molecular flexibility index (Phi) is 5.76. The van der Waals surface area contributed by atoms with Crippen LogP contribution in [0.25, 0.3) is 0 Å². The average Bonchev–Trinajstić information content (AvgIpc) is 2.90.